The third kappa shape index (κ3) is 4.18. The molecule has 0 radical (unpaired) electrons. The number of likely N-dealkylation sites (tertiary alicyclic amines) is 1. The molecule has 7 heteroatoms. The van der Waals surface area contributed by atoms with Gasteiger partial charge in [-0.2, -0.15) is 5.10 Å². The van der Waals surface area contributed by atoms with Gasteiger partial charge in [-0.3, -0.25) is 9.48 Å². The Hall–Kier alpha value is -2.05. The molecular weight excluding hydrogens is 354 g/mol. The van der Waals surface area contributed by atoms with Gasteiger partial charge in [-0.15, -0.1) is 0 Å². The summed E-state index contributed by atoms with van der Waals surface area (Å²) >= 11 is 0. The van der Waals surface area contributed by atoms with Crippen LogP contribution in [0.5, 0.6) is 0 Å². The largest absolute Gasteiger partial charge is 0.353 e. The highest BCUT2D eigenvalue weighted by Gasteiger charge is 2.31. The van der Waals surface area contributed by atoms with Gasteiger partial charge in [0.2, 0.25) is 5.91 Å². The van der Waals surface area contributed by atoms with Crippen LogP contribution in [-0.4, -0.2) is 45.8 Å². The van der Waals surface area contributed by atoms with Crippen molar-refractivity contribution in [2.45, 2.75) is 76.3 Å². The number of nitrogens with zero attached hydrogens (tertiary/aromatic N) is 3. The Morgan fingerprint density at radius 1 is 1.00 bits per heavy atom. The second kappa shape index (κ2) is 8.53. The average molecular weight is 388 g/mol. The monoisotopic (exact) mass is 387 g/mol. The van der Waals surface area contributed by atoms with Crippen LogP contribution in [0, 0.1) is 5.92 Å². The molecule has 1 saturated carbocycles. The maximum atomic E-state index is 12.8. The van der Waals surface area contributed by atoms with Crippen molar-refractivity contribution in [1.29, 1.82) is 0 Å². The molecule has 1 atom stereocenters. The lowest BCUT2D eigenvalue weighted by Gasteiger charge is -2.34. The molecule has 2 heterocycles. The molecule has 1 aliphatic heterocycles. The SMILES string of the molecule is Cn1ncc2c1CCCC2NC(=O)N1CCC(C(=O)NC2CCCCC2)CC1. The number of aryl methyl sites for hydroxylation is 1. The van der Waals surface area contributed by atoms with Crippen molar-refractivity contribution in [3.05, 3.63) is 17.5 Å². The predicted molar refractivity (Wildman–Crippen MR) is 107 cm³/mol. The van der Waals surface area contributed by atoms with Crippen LogP contribution in [0.3, 0.4) is 0 Å². The molecule has 3 amide bonds. The lowest BCUT2D eigenvalue weighted by molar-refractivity contribution is -0.127. The fourth-order valence-electron chi connectivity index (χ4n) is 5.01. The number of urea groups is 1. The maximum Gasteiger partial charge on any atom is 0.317 e. The number of hydrogen-bond donors (Lipinski definition) is 2. The van der Waals surface area contributed by atoms with Crippen molar-refractivity contribution in [3.63, 3.8) is 0 Å². The van der Waals surface area contributed by atoms with Gasteiger partial charge in [-0.05, 0) is 44.9 Å². The number of aromatic nitrogens is 2. The van der Waals surface area contributed by atoms with Crippen LogP contribution in [0.1, 0.15) is 75.1 Å². The van der Waals surface area contributed by atoms with Gasteiger partial charge in [-0.25, -0.2) is 4.79 Å². The molecule has 1 unspecified atom stereocenters. The highest BCUT2D eigenvalue weighted by atomic mass is 16.2. The highest BCUT2D eigenvalue weighted by Crippen LogP contribution is 2.29. The molecule has 0 bridgehead atoms. The Bertz CT molecular complexity index is 702. The normalized spacial score (nSPS) is 23.9. The number of carbonyl (C=O) groups excluding carboxylic acids is 2. The summed E-state index contributed by atoms with van der Waals surface area (Å²) in [5, 5.41) is 10.8. The van der Waals surface area contributed by atoms with Crippen LogP contribution in [-0.2, 0) is 18.3 Å². The van der Waals surface area contributed by atoms with E-state index in [4.69, 9.17) is 0 Å². The molecule has 2 fully saturated rings. The number of carbonyl (C=O) groups is 2. The minimum Gasteiger partial charge on any atom is -0.353 e. The summed E-state index contributed by atoms with van der Waals surface area (Å²) in [6.07, 6.45) is 12.4. The Morgan fingerprint density at radius 3 is 2.50 bits per heavy atom. The van der Waals surface area contributed by atoms with E-state index in [-0.39, 0.29) is 23.9 Å². The first-order valence-electron chi connectivity index (χ1n) is 11.0. The Morgan fingerprint density at radius 2 is 1.75 bits per heavy atom. The van der Waals surface area contributed by atoms with Crippen LogP contribution in [0.15, 0.2) is 6.20 Å². The first-order valence-corrected chi connectivity index (χ1v) is 11.0. The van der Waals surface area contributed by atoms with Gasteiger partial charge in [0.05, 0.1) is 12.2 Å². The minimum atomic E-state index is -0.00663. The fraction of sp³-hybridized carbons (Fsp3) is 0.762. The lowest BCUT2D eigenvalue weighted by Crippen LogP contribution is -2.49. The zero-order chi connectivity index (χ0) is 19.5. The quantitative estimate of drug-likeness (QED) is 0.837. The van der Waals surface area contributed by atoms with Crippen molar-refractivity contribution >= 4 is 11.9 Å². The number of rotatable bonds is 3. The van der Waals surface area contributed by atoms with E-state index < -0.39 is 0 Å². The number of fused-ring (bicyclic) bond motifs is 1. The van der Waals surface area contributed by atoms with E-state index in [1.807, 2.05) is 22.8 Å². The van der Waals surface area contributed by atoms with Gasteiger partial charge < -0.3 is 15.5 Å². The van der Waals surface area contributed by atoms with Gasteiger partial charge in [-0.1, -0.05) is 19.3 Å². The summed E-state index contributed by atoms with van der Waals surface area (Å²) in [5.74, 6) is 0.241. The smallest absolute Gasteiger partial charge is 0.317 e. The Labute approximate surface area is 167 Å². The molecule has 1 aromatic heterocycles. The summed E-state index contributed by atoms with van der Waals surface area (Å²) < 4.78 is 1.92. The van der Waals surface area contributed by atoms with Crippen LogP contribution >= 0.6 is 0 Å². The van der Waals surface area contributed by atoms with Gasteiger partial charge >= 0.3 is 6.03 Å². The second-order valence-corrected chi connectivity index (χ2v) is 8.67. The number of piperidine rings is 1. The Balaban J connectivity index is 1.26. The Kier molecular flexibility index (Phi) is 5.87. The van der Waals surface area contributed by atoms with Crippen LogP contribution in [0.2, 0.25) is 0 Å². The molecule has 3 aliphatic rings. The van der Waals surface area contributed by atoms with Gasteiger partial charge in [0.25, 0.3) is 0 Å². The molecule has 1 aromatic rings. The average Bonchev–Trinajstić information content (AvgIpc) is 3.11. The van der Waals surface area contributed by atoms with E-state index in [2.05, 4.69) is 15.7 Å². The van der Waals surface area contributed by atoms with Crippen LogP contribution < -0.4 is 10.6 Å². The first kappa shape index (κ1) is 19.3. The summed E-state index contributed by atoms with van der Waals surface area (Å²) in [4.78, 5) is 27.2. The molecule has 7 nitrogen and oxygen atoms in total. The number of nitrogens with one attached hydrogen (secondary N) is 2. The van der Waals surface area contributed by atoms with E-state index in [0.29, 0.717) is 19.1 Å². The maximum absolute atomic E-state index is 12.8. The standard InChI is InChI=1S/C21H33N5O2/c1-25-19-9-5-8-18(17(19)14-22-25)24-21(28)26-12-10-15(11-13-26)20(27)23-16-6-3-2-4-7-16/h14-16,18H,2-13H2,1H3,(H,23,27)(H,24,28). The highest BCUT2D eigenvalue weighted by molar-refractivity contribution is 5.80. The molecule has 1 saturated heterocycles. The molecule has 2 N–H and O–H groups in total. The van der Waals surface area contributed by atoms with E-state index >= 15 is 0 Å². The topological polar surface area (TPSA) is 79.3 Å². The molecular formula is C21H33N5O2. The summed E-state index contributed by atoms with van der Waals surface area (Å²) in [6, 6.07) is 0.410. The third-order valence-corrected chi connectivity index (χ3v) is 6.78. The summed E-state index contributed by atoms with van der Waals surface area (Å²) in [5.41, 5.74) is 2.39. The van der Waals surface area contributed by atoms with Crippen molar-refractivity contribution in [1.82, 2.24) is 25.3 Å². The van der Waals surface area contributed by atoms with Crippen molar-refractivity contribution in [2.24, 2.45) is 13.0 Å². The summed E-state index contributed by atoms with van der Waals surface area (Å²) in [6.45, 7) is 1.31. The lowest BCUT2D eigenvalue weighted by atomic mass is 9.92. The molecule has 2 aliphatic carbocycles. The van der Waals surface area contributed by atoms with Crippen molar-refractivity contribution in [2.75, 3.05) is 13.1 Å². The first-order chi connectivity index (χ1) is 13.6. The zero-order valence-corrected chi connectivity index (χ0v) is 17.0. The van der Waals surface area contributed by atoms with E-state index in [0.717, 1.165) is 50.5 Å². The van der Waals surface area contributed by atoms with E-state index in [1.54, 1.807) is 0 Å². The van der Waals surface area contributed by atoms with Crippen LogP contribution in [0.25, 0.3) is 0 Å². The van der Waals surface area contributed by atoms with Gasteiger partial charge in [0.15, 0.2) is 0 Å². The van der Waals surface area contributed by atoms with Gasteiger partial charge in [0, 0.05) is 43.4 Å². The van der Waals surface area contributed by atoms with Crippen LogP contribution in [0.4, 0.5) is 4.79 Å². The van der Waals surface area contributed by atoms with Crippen molar-refractivity contribution in [3.8, 4) is 0 Å². The molecule has 4 rings (SSSR count). The zero-order valence-electron chi connectivity index (χ0n) is 17.0. The number of hydrogen-bond acceptors (Lipinski definition) is 3. The van der Waals surface area contributed by atoms with Crippen molar-refractivity contribution < 1.29 is 9.59 Å². The van der Waals surface area contributed by atoms with E-state index in [9.17, 15) is 9.59 Å². The molecule has 0 aromatic carbocycles. The third-order valence-electron chi connectivity index (χ3n) is 6.78. The fourth-order valence-corrected chi connectivity index (χ4v) is 5.01. The predicted octanol–water partition coefficient (Wildman–Crippen LogP) is 2.67. The second-order valence-electron chi connectivity index (χ2n) is 8.67. The molecule has 0 spiro atoms. The molecule has 154 valence electrons. The summed E-state index contributed by atoms with van der Waals surface area (Å²) in [7, 11) is 1.96. The molecule has 28 heavy (non-hydrogen) atoms. The van der Waals surface area contributed by atoms with Gasteiger partial charge in [0.1, 0.15) is 0 Å². The minimum absolute atomic E-state index is 0.00663. The number of amides is 3. The van der Waals surface area contributed by atoms with E-state index in [1.165, 1.54) is 25.0 Å².